The molecule has 3 N–H and O–H groups in total. The Kier molecular flexibility index (Phi) is 3.84. The van der Waals surface area contributed by atoms with Crippen molar-refractivity contribution in [2.24, 2.45) is 5.73 Å². The van der Waals surface area contributed by atoms with Gasteiger partial charge in [0.25, 0.3) is 0 Å². The fourth-order valence-corrected chi connectivity index (χ4v) is 2.48. The Morgan fingerprint density at radius 2 is 2.06 bits per heavy atom. The summed E-state index contributed by atoms with van der Waals surface area (Å²) in [5.74, 6) is 0. The molecule has 1 aromatic carbocycles. The molecule has 0 saturated carbocycles. The lowest BCUT2D eigenvalue weighted by atomic mass is 10.0. The quantitative estimate of drug-likeness (QED) is 0.791. The molecule has 1 heterocycles. The van der Waals surface area contributed by atoms with Crippen LogP contribution in [0.4, 0.5) is 11.4 Å². The second-order valence-electron chi connectivity index (χ2n) is 4.57. The first kappa shape index (κ1) is 12.2. The predicted octanol–water partition coefficient (Wildman–Crippen LogP) is 2.72. The highest BCUT2D eigenvalue weighted by Crippen LogP contribution is 2.25. The molecule has 1 aliphatic heterocycles. The summed E-state index contributed by atoms with van der Waals surface area (Å²) in [6.07, 6.45) is 3.92. The molecule has 0 spiro atoms. The number of nitrogens with two attached hydrogens (primary N) is 1. The van der Waals surface area contributed by atoms with Crippen molar-refractivity contribution in [1.82, 2.24) is 0 Å². The van der Waals surface area contributed by atoms with E-state index >= 15 is 0 Å². The van der Waals surface area contributed by atoms with Crippen molar-refractivity contribution in [3.8, 4) is 0 Å². The first-order chi connectivity index (χ1) is 8.16. The van der Waals surface area contributed by atoms with Gasteiger partial charge in [-0.05, 0) is 62.7 Å². The first-order valence-electron chi connectivity index (χ1n) is 6.10. The third-order valence-corrected chi connectivity index (χ3v) is 3.37. The second-order valence-corrected chi connectivity index (χ2v) is 5.01. The van der Waals surface area contributed by atoms with E-state index in [0.717, 1.165) is 12.2 Å². The van der Waals surface area contributed by atoms with Crippen molar-refractivity contribution < 1.29 is 0 Å². The standard InChI is InChI=1S/C13H19N3S/c1-10-4-2-3-9-16(10)12-7-5-11(6-8-12)15-13(14)17/h5-8,10H,2-4,9H2,1H3,(H3,14,15,17). The van der Waals surface area contributed by atoms with E-state index < -0.39 is 0 Å². The SMILES string of the molecule is CC1CCCCN1c1ccc(NC(N)=S)cc1. The van der Waals surface area contributed by atoms with Gasteiger partial charge in [-0.3, -0.25) is 0 Å². The van der Waals surface area contributed by atoms with Crippen LogP contribution in [-0.2, 0) is 0 Å². The van der Waals surface area contributed by atoms with Crippen molar-refractivity contribution in [3.05, 3.63) is 24.3 Å². The zero-order valence-electron chi connectivity index (χ0n) is 10.1. The summed E-state index contributed by atoms with van der Waals surface area (Å²) in [7, 11) is 0. The van der Waals surface area contributed by atoms with Crippen LogP contribution in [0.15, 0.2) is 24.3 Å². The van der Waals surface area contributed by atoms with Gasteiger partial charge < -0.3 is 16.0 Å². The molecule has 0 aliphatic carbocycles. The molecule has 1 saturated heterocycles. The molecule has 1 aromatic rings. The minimum atomic E-state index is 0.309. The fourth-order valence-electron chi connectivity index (χ4n) is 2.36. The smallest absolute Gasteiger partial charge is 0.168 e. The summed E-state index contributed by atoms with van der Waals surface area (Å²) >= 11 is 4.81. The van der Waals surface area contributed by atoms with Crippen LogP contribution in [0.25, 0.3) is 0 Å². The topological polar surface area (TPSA) is 41.3 Å². The molecular formula is C13H19N3S. The monoisotopic (exact) mass is 249 g/mol. The zero-order valence-corrected chi connectivity index (χ0v) is 11.0. The Labute approximate surface area is 108 Å². The Balaban J connectivity index is 2.08. The van der Waals surface area contributed by atoms with E-state index in [2.05, 4.69) is 29.3 Å². The number of hydrogen-bond acceptors (Lipinski definition) is 2. The molecule has 0 radical (unpaired) electrons. The summed E-state index contributed by atoms with van der Waals surface area (Å²) in [6, 6.07) is 8.94. The molecule has 4 heteroatoms. The lowest BCUT2D eigenvalue weighted by molar-refractivity contribution is 0.485. The van der Waals surface area contributed by atoms with Crippen molar-refractivity contribution in [2.45, 2.75) is 32.2 Å². The molecular weight excluding hydrogens is 230 g/mol. The second kappa shape index (κ2) is 5.36. The van der Waals surface area contributed by atoms with Crippen LogP contribution in [0.5, 0.6) is 0 Å². The number of piperidine rings is 1. The Morgan fingerprint density at radius 1 is 1.35 bits per heavy atom. The number of nitrogens with zero attached hydrogens (tertiary/aromatic N) is 1. The molecule has 1 aliphatic rings. The minimum Gasteiger partial charge on any atom is -0.376 e. The molecule has 92 valence electrons. The maximum atomic E-state index is 5.44. The Morgan fingerprint density at radius 3 is 2.65 bits per heavy atom. The molecule has 3 nitrogen and oxygen atoms in total. The summed E-state index contributed by atoms with van der Waals surface area (Å²) in [6.45, 7) is 3.45. The van der Waals surface area contributed by atoms with E-state index in [1.54, 1.807) is 0 Å². The van der Waals surface area contributed by atoms with Gasteiger partial charge in [0.1, 0.15) is 0 Å². The van der Waals surface area contributed by atoms with E-state index in [4.69, 9.17) is 18.0 Å². The molecule has 1 unspecified atom stereocenters. The van der Waals surface area contributed by atoms with Crippen LogP contribution in [-0.4, -0.2) is 17.7 Å². The third kappa shape index (κ3) is 3.09. The van der Waals surface area contributed by atoms with Crippen molar-refractivity contribution in [1.29, 1.82) is 0 Å². The highest BCUT2D eigenvalue weighted by atomic mass is 32.1. The summed E-state index contributed by atoms with van der Waals surface area (Å²) < 4.78 is 0. The van der Waals surface area contributed by atoms with Gasteiger partial charge in [0.05, 0.1) is 0 Å². The van der Waals surface area contributed by atoms with Crippen LogP contribution in [0.1, 0.15) is 26.2 Å². The van der Waals surface area contributed by atoms with Crippen LogP contribution < -0.4 is 16.0 Å². The summed E-state index contributed by atoms with van der Waals surface area (Å²) in [4.78, 5) is 2.47. The maximum Gasteiger partial charge on any atom is 0.168 e. The minimum absolute atomic E-state index is 0.309. The van der Waals surface area contributed by atoms with Gasteiger partial charge in [-0.15, -0.1) is 0 Å². The number of hydrogen-bond donors (Lipinski definition) is 2. The molecule has 17 heavy (non-hydrogen) atoms. The molecule has 1 fully saturated rings. The molecule has 1 atom stereocenters. The van der Waals surface area contributed by atoms with Gasteiger partial charge in [0.2, 0.25) is 0 Å². The average Bonchev–Trinajstić information content (AvgIpc) is 2.30. The zero-order chi connectivity index (χ0) is 12.3. The van der Waals surface area contributed by atoms with Crippen LogP contribution in [0.3, 0.4) is 0 Å². The summed E-state index contributed by atoms with van der Waals surface area (Å²) in [5.41, 5.74) is 7.67. The van der Waals surface area contributed by atoms with E-state index in [9.17, 15) is 0 Å². The van der Waals surface area contributed by atoms with Crippen LogP contribution in [0.2, 0.25) is 0 Å². The van der Waals surface area contributed by atoms with Gasteiger partial charge in [0, 0.05) is 24.0 Å². The molecule has 0 aromatic heterocycles. The van der Waals surface area contributed by atoms with Crippen molar-refractivity contribution >= 4 is 28.7 Å². The molecule has 0 amide bonds. The van der Waals surface area contributed by atoms with Gasteiger partial charge in [-0.2, -0.15) is 0 Å². The predicted molar refractivity (Wildman–Crippen MR) is 77.5 cm³/mol. The number of rotatable bonds is 2. The lowest BCUT2D eigenvalue weighted by Crippen LogP contribution is -2.37. The van der Waals surface area contributed by atoms with Gasteiger partial charge >= 0.3 is 0 Å². The fraction of sp³-hybridized carbons (Fsp3) is 0.462. The van der Waals surface area contributed by atoms with Gasteiger partial charge in [0.15, 0.2) is 5.11 Å². The van der Waals surface area contributed by atoms with Gasteiger partial charge in [-0.25, -0.2) is 0 Å². The van der Waals surface area contributed by atoms with Gasteiger partial charge in [-0.1, -0.05) is 0 Å². The highest BCUT2D eigenvalue weighted by Gasteiger charge is 2.18. The van der Waals surface area contributed by atoms with Crippen LogP contribution in [0, 0.1) is 0 Å². The average molecular weight is 249 g/mol. The summed E-state index contributed by atoms with van der Waals surface area (Å²) in [5, 5.41) is 3.25. The first-order valence-corrected chi connectivity index (χ1v) is 6.51. The highest BCUT2D eigenvalue weighted by molar-refractivity contribution is 7.80. The molecule has 2 rings (SSSR count). The number of anilines is 2. The lowest BCUT2D eigenvalue weighted by Gasteiger charge is -2.35. The number of nitrogens with one attached hydrogen (secondary N) is 1. The number of benzene rings is 1. The van der Waals surface area contributed by atoms with Crippen molar-refractivity contribution in [3.63, 3.8) is 0 Å². The van der Waals surface area contributed by atoms with E-state index in [0.29, 0.717) is 11.2 Å². The largest absolute Gasteiger partial charge is 0.376 e. The van der Waals surface area contributed by atoms with Crippen molar-refractivity contribution in [2.75, 3.05) is 16.8 Å². The van der Waals surface area contributed by atoms with E-state index in [1.807, 2.05) is 12.1 Å². The molecule has 0 bridgehead atoms. The normalized spacial score (nSPS) is 20.1. The number of thiocarbonyl (C=S) groups is 1. The Bertz CT molecular complexity index is 388. The Hall–Kier alpha value is -1.29. The van der Waals surface area contributed by atoms with E-state index in [1.165, 1.54) is 24.9 Å². The van der Waals surface area contributed by atoms with E-state index in [-0.39, 0.29) is 0 Å². The van der Waals surface area contributed by atoms with Crippen LogP contribution >= 0.6 is 12.2 Å². The maximum absolute atomic E-state index is 5.44. The third-order valence-electron chi connectivity index (χ3n) is 3.27.